The summed E-state index contributed by atoms with van der Waals surface area (Å²) in [6.07, 6.45) is 8.67. The number of hydrogen-bond acceptors (Lipinski definition) is 3. The van der Waals surface area contributed by atoms with E-state index in [0.717, 1.165) is 35.5 Å². The van der Waals surface area contributed by atoms with Crippen molar-refractivity contribution in [2.75, 3.05) is 0 Å². The van der Waals surface area contributed by atoms with Crippen LogP contribution in [0.5, 0.6) is 0 Å². The second-order valence-electron chi connectivity index (χ2n) is 7.74. The van der Waals surface area contributed by atoms with E-state index in [4.69, 9.17) is 12.2 Å². The lowest BCUT2D eigenvalue weighted by Crippen LogP contribution is -2.50. The number of amides is 1. The fourth-order valence-corrected chi connectivity index (χ4v) is 5.92. The molecule has 2 bridgehead atoms. The van der Waals surface area contributed by atoms with E-state index in [0.29, 0.717) is 11.2 Å². The van der Waals surface area contributed by atoms with Gasteiger partial charge in [0.2, 0.25) is 0 Å². The second-order valence-corrected chi connectivity index (χ2v) is 9.29. The topological polar surface area (TPSA) is 53.2 Å². The smallest absolute Gasteiger partial charge is 0.279 e. The first-order valence-electron chi connectivity index (χ1n) is 9.07. The van der Waals surface area contributed by atoms with Gasteiger partial charge in [-0.2, -0.15) is 0 Å². The van der Waals surface area contributed by atoms with Gasteiger partial charge in [-0.3, -0.25) is 15.6 Å². The Kier molecular flexibility index (Phi) is 4.52. The van der Waals surface area contributed by atoms with E-state index in [2.05, 4.69) is 29.2 Å². The molecule has 3 N–H and O–H groups in total. The van der Waals surface area contributed by atoms with Crippen LogP contribution >= 0.6 is 23.6 Å². The van der Waals surface area contributed by atoms with E-state index >= 15 is 0 Å². The van der Waals surface area contributed by atoms with Crippen LogP contribution in [-0.4, -0.2) is 17.1 Å². The van der Waals surface area contributed by atoms with E-state index in [1.54, 1.807) is 11.3 Å². The van der Waals surface area contributed by atoms with Crippen LogP contribution in [0.2, 0.25) is 0 Å². The molecule has 130 valence electrons. The van der Waals surface area contributed by atoms with Crippen LogP contribution in [-0.2, 0) is 12.8 Å². The van der Waals surface area contributed by atoms with Crippen molar-refractivity contribution in [1.82, 2.24) is 16.2 Å². The fourth-order valence-electron chi connectivity index (χ4n) is 4.62. The summed E-state index contributed by atoms with van der Waals surface area (Å²) < 4.78 is 0. The maximum atomic E-state index is 12.4. The number of rotatable bonds is 2. The van der Waals surface area contributed by atoms with Gasteiger partial charge in [-0.25, -0.2) is 0 Å². The van der Waals surface area contributed by atoms with Gasteiger partial charge in [0.05, 0.1) is 4.88 Å². The van der Waals surface area contributed by atoms with Crippen LogP contribution in [0.3, 0.4) is 0 Å². The van der Waals surface area contributed by atoms with Gasteiger partial charge in [0.1, 0.15) is 0 Å². The van der Waals surface area contributed by atoms with Crippen LogP contribution in [0.1, 0.15) is 59.1 Å². The number of thiophene rings is 1. The molecule has 4 rings (SSSR count). The van der Waals surface area contributed by atoms with E-state index in [9.17, 15) is 4.79 Å². The van der Waals surface area contributed by atoms with E-state index in [1.807, 2.05) is 0 Å². The largest absolute Gasteiger partial charge is 0.358 e. The molecule has 0 spiro atoms. The zero-order valence-corrected chi connectivity index (χ0v) is 15.7. The molecule has 1 aromatic heterocycles. The van der Waals surface area contributed by atoms with E-state index in [-0.39, 0.29) is 5.91 Å². The van der Waals surface area contributed by atoms with Crippen LogP contribution in [0.25, 0.3) is 0 Å². The molecule has 4 nitrogen and oxygen atoms in total. The van der Waals surface area contributed by atoms with Gasteiger partial charge >= 0.3 is 0 Å². The lowest BCUT2D eigenvalue weighted by molar-refractivity contribution is 0.0947. The normalized spacial score (nSPS) is 30.7. The number of hydrogen-bond donors (Lipinski definition) is 3. The Morgan fingerprint density at radius 3 is 2.88 bits per heavy atom. The average molecular weight is 364 g/mol. The Labute approximate surface area is 152 Å². The Balaban J connectivity index is 1.28. The minimum Gasteiger partial charge on any atom is -0.358 e. The molecular weight excluding hydrogens is 338 g/mol. The SMILES string of the molecule is C[C@H]1CCc2sc(C(=O)NNC(=S)N[C@@H]3C[C@H]4CC[C@H]3C4)cc2C1. The molecule has 0 unspecified atom stereocenters. The summed E-state index contributed by atoms with van der Waals surface area (Å²) in [6.45, 7) is 2.28. The monoisotopic (exact) mass is 363 g/mol. The first-order chi connectivity index (χ1) is 11.6. The van der Waals surface area contributed by atoms with Gasteiger partial charge in [0, 0.05) is 10.9 Å². The highest BCUT2D eigenvalue weighted by molar-refractivity contribution is 7.80. The molecule has 1 heterocycles. The molecule has 2 fully saturated rings. The summed E-state index contributed by atoms with van der Waals surface area (Å²) in [7, 11) is 0. The molecule has 0 aliphatic heterocycles. The zero-order valence-electron chi connectivity index (χ0n) is 14.1. The van der Waals surface area contributed by atoms with Crippen LogP contribution in [0, 0.1) is 17.8 Å². The molecule has 3 aliphatic carbocycles. The summed E-state index contributed by atoms with van der Waals surface area (Å²) in [4.78, 5) is 14.5. The van der Waals surface area contributed by atoms with Gasteiger partial charge in [-0.1, -0.05) is 13.3 Å². The van der Waals surface area contributed by atoms with Crippen LogP contribution in [0.15, 0.2) is 6.07 Å². The molecule has 0 saturated heterocycles. The summed E-state index contributed by atoms with van der Waals surface area (Å²) in [5.74, 6) is 2.28. The van der Waals surface area contributed by atoms with Crippen molar-refractivity contribution in [3.63, 3.8) is 0 Å². The minimum absolute atomic E-state index is 0.0841. The number of carbonyl (C=O) groups is 1. The first-order valence-corrected chi connectivity index (χ1v) is 10.3. The number of carbonyl (C=O) groups excluding carboxylic acids is 1. The van der Waals surface area contributed by atoms with Gasteiger partial charge in [-0.05, 0) is 80.1 Å². The maximum Gasteiger partial charge on any atom is 0.279 e. The molecule has 4 atom stereocenters. The summed E-state index contributed by atoms with van der Waals surface area (Å²) in [5, 5.41) is 3.92. The maximum absolute atomic E-state index is 12.4. The Morgan fingerprint density at radius 2 is 2.12 bits per heavy atom. The number of thiocarbonyl (C=S) groups is 1. The van der Waals surface area contributed by atoms with E-state index in [1.165, 1.54) is 42.5 Å². The Morgan fingerprint density at radius 1 is 1.25 bits per heavy atom. The highest BCUT2D eigenvalue weighted by Crippen LogP contribution is 2.44. The third kappa shape index (κ3) is 3.31. The third-order valence-corrected chi connectivity index (χ3v) is 7.35. The quantitative estimate of drug-likeness (QED) is 0.558. The molecule has 2 saturated carbocycles. The van der Waals surface area contributed by atoms with Crippen molar-refractivity contribution in [2.24, 2.45) is 17.8 Å². The van der Waals surface area contributed by atoms with Crippen molar-refractivity contribution >= 4 is 34.6 Å². The lowest BCUT2D eigenvalue weighted by Gasteiger charge is -2.24. The van der Waals surface area contributed by atoms with Crippen LogP contribution < -0.4 is 16.2 Å². The molecule has 24 heavy (non-hydrogen) atoms. The zero-order chi connectivity index (χ0) is 16.7. The number of hydrazine groups is 1. The fraction of sp³-hybridized carbons (Fsp3) is 0.667. The van der Waals surface area contributed by atoms with Crippen molar-refractivity contribution in [1.29, 1.82) is 0 Å². The highest BCUT2D eigenvalue weighted by Gasteiger charge is 2.39. The standard InChI is InChI=1S/C18H25N3OS2/c1-10-2-5-15-13(6-10)9-16(24-15)17(22)20-21-18(23)19-14-8-11-3-4-12(14)7-11/h9-12,14H,2-8H2,1H3,(H,20,22)(H2,19,21,23)/t10-,11-,12-,14+/m0/s1. The molecule has 6 heteroatoms. The molecular formula is C18H25N3OS2. The highest BCUT2D eigenvalue weighted by atomic mass is 32.1. The number of fused-ring (bicyclic) bond motifs is 3. The molecule has 1 aromatic rings. The second kappa shape index (κ2) is 6.64. The Hall–Kier alpha value is -1.14. The van der Waals surface area contributed by atoms with Crippen molar-refractivity contribution in [3.05, 3.63) is 21.4 Å². The number of nitrogens with one attached hydrogen (secondary N) is 3. The van der Waals surface area contributed by atoms with E-state index < -0.39 is 0 Å². The third-order valence-electron chi connectivity index (χ3n) is 5.90. The van der Waals surface area contributed by atoms with Crippen molar-refractivity contribution in [2.45, 2.75) is 57.9 Å². The minimum atomic E-state index is -0.0841. The molecule has 0 radical (unpaired) electrons. The van der Waals surface area contributed by atoms with Crippen molar-refractivity contribution in [3.8, 4) is 0 Å². The van der Waals surface area contributed by atoms with Crippen LogP contribution in [0.4, 0.5) is 0 Å². The van der Waals surface area contributed by atoms with Gasteiger partial charge in [0.15, 0.2) is 5.11 Å². The Bertz CT molecular complexity index is 657. The summed E-state index contributed by atoms with van der Waals surface area (Å²) in [5.41, 5.74) is 6.99. The lowest BCUT2D eigenvalue weighted by atomic mass is 9.90. The molecule has 0 aromatic carbocycles. The van der Waals surface area contributed by atoms with Gasteiger partial charge < -0.3 is 5.32 Å². The predicted octanol–water partition coefficient (Wildman–Crippen LogP) is 3.17. The van der Waals surface area contributed by atoms with Crippen molar-refractivity contribution < 1.29 is 4.79 Å². The van der Waals surface area contributed by atoms with Gasteiger partial charge in [-0.15, -0.1) is 11.3 Å². The number of aryl methyl sites for hydroxylation is 1. The molecule has 1 amide bonds. The van der Waals surface area contributed by atoms with Gasteiger partial charge in [0.25, 0.3) is 5.91 Å². The first kappa shape index (κ1) is 16.3. The average Bonchev–Trinajstić information content (AvgIpc) is 3.26. The molecule has 3 aliphatic rings. The summed E-state index contributed by atoms with van der Waals surface area (Å²) in [6, 6.07) is 2.54. The predicted molar refractivity (Wildman–Crippen MR) is 101 cm³/mol. The summed E-state index contributed by atoms with van der Waals surface area (Å²) >= 11 is 6.97.